The van der Waals surface area contributed by atoms with Crippen LogP contribution in [0.25, 0.3) is 0 Å². The lowest BCUT2D eigenvalue weighted by Gasteiger charge is -2.02. The molecular formula is C8H13NOS. The average Bonchev–Trinajstić information content (AvgIpc) is 2.50. The van der Waals surface area contributed by atoms with Crippen LogP contribution in [0.1, 0.15) is 22.8 Å². The number of thiophene rings is 1. The molecule has 3 N–H and O–H groups in total. The lowest BCUT2D eigenvalue weighted by Crippen LogP contribution is -2.09. The molecule has 0 saturated carbocycles. The molecular weight excluding hydrogens is 158 g/mol. The van der Waals surface area contributed by atoms with E-state index < -0.39 is 6.10 Å². The maximum absolute atomic E-state index is 9.32. The summed E-state index contributed by atoms with van der Waals surface area (Å²) in [5.74, 6) is 0. The number of aliphatic hydroxyl groups is 1. The van der Waals surface area contributed by atoms with Crippen LogP contribution in [0.3, 0.4) is 0 Å². The Morgan fingerprint density at radius 2 is 2.36 bits per heavy atom. The summed E-state index contributed by atoms with van der Waals surface area (Å²) in [6.07, 6.45) is 0.558. The van der Waals surface area contributed by atoms with Crippen molar-refractivity contribution in [2.24, 2.45) is 5.73 Å². The van der Waals surface area contributed by atoms with E-state index in [1.165, 1.54) is 4.88 Å². The van der Waals surface area contributed by atoms with Crippen molar-refractivity contribution in [1.82, 2.24) is 0 Å². The second-order valence-corrected chi connectivity index (χ2v) is 3.61. The molecule has 1 aromatic heterocycles. The van der Waals surface area contributed by atoms with Crippen LogP contribution in [0.4, 0.5) is 0 Å². The van der Waals surface area contributed by atoms with Gasteiger partial charge < -0.3 is 10.8 Å². The van der Waals surface area contributed by atoms with E-state index in [0.29, 0.717) is 6.54 Å². The number of hydrogen-bond acceptors (Lipinski definition) is 3. The molecule has 1 heterocycles. The van der Waals surface area contributed by atoms with Gasteiger partial charge in [0.1, 0.15) is 6.10 Å². The van der Waals surface area contributed by atoms with Gasteiger partial charge in [-0.3, -0.25) is 0 Å². The number of nitrogens with two attached hydrogens (primary N) is 1. The third kappa shape index (κ3) is 2.02. The van der Waals surface area contributed by atoms with E-state index in [0.717, 1.165) is 11.3 Å². The van der Waals surface area contributed by atoms with Gasteiger partial charge in [-0.25, -0.2) is 0 Å². The zero-order valence-corrected chi connectivity index (χ0v) is 7.40. The Kier molecular flexibility index (Phi) is 3.05. The summed E-state index contributed by atoms with van der Waals surface area (Å²) >= 11 is 1.64. The zero-order valence-electron chi connectivity index (χ0n) is 6.58. The second kappa shape index (κ2) is 3.85. The van der Waals surface area contributed by atoms with Gasteiger partial charge in [0.05, 0.1) is 0 Å². The fourth-order valence-corrected chi connectivity index (χ4v) is 1.83. The van der Waals surface area contributed by atoms with Crippen molar-refractivity contribution in [2.75, 3.05) is 6.54 Å². The molecule has 0 aliphatic carbocycles. The van der Waals surface area contributed by atoms with E-state index in [4.69, 9.17) is 5.73 Å². The van der Waals surface area contributed by atoms with Crippen LogP contribution in [0.15, 0.2) is 12.1 Å². The van der Waals surface area contributed by atoms with E-state index in [9.17, 15) is 5.11 Å². The highest BCUT2D eigenvalue weighted by atomic mass is 32.1. The van der Waals surface area contributed by atoms with E-state index in [1.54, 1.807) is 11.3 Å². The number of aliphatic hydroxyl groups excluding tert-OH is 1. The van der Waals surface area contributed by atoms with Crippen molar-refractivity contribution < 1.29 is 5.11 Å². The molecule has 0 saturated heterocycles. The van der Waals surface area contributed by atoms with Gasteiger partial charge in [-0.05, 0) is 18.6 Å². The number of rotatable bonds is 3. The topological polar surface area (TPSA) is 46.2 Å². The molecule has 0 bridgehead atoms. The Balaban J connectivity index is 2.71. The molecule has 1 atom stereocenters. The minimum atomic E-state index is -0.472. The standard InChI is InChI=1S/C8H13NOS/c1-2-6-3-4-8(11-6)7(10)5-9/h3-4,7,10H,2,5,9H2,1H3/t7-/m0/s1. The Labute approximate surface area is 70.7 Å². The van der Waals surface area contributed by atoms with Gasteiger partial charge in [0.2, 0.25) is 0 Å². The van der Waals surface area contributed by atoms with Crippen LogP contribution < -0.4 is 5.73 Å². The quantitative estimate of drug-likeness (QED) is 0.720. The van der Waals surface area contributed by atoms with Gasteiger partial charge in [-0.1, -0.05) is 6.92 Å². The van der Waals surface area contributed by atoms with Gasteiger partial charge in [0.15, 0.2) is 0 Å². The van der Waals surface area contributed by atoms with Crippen LogP contribution in [0.5, 0.6) is 0 Å². The van der Waals surface area contributed by atoms with Crippen LogP contribution in [0, 0.1) is 0 Å². The summed E-state index contributed by atoms with van der Waals surface area (Å²) in [7, 11) is 0. The summed E-state index contributed by atoms with van der Waals surface area (Å²) in [4.78, 5) is 2.27. The molecule has 3 heteroatoms. The largest absolute Gasteiger partial charge is 0.386 e. The monoisotopic (exact) mass is 171 g/mol. The first-order valence-electron chi connectivity index (χ1n) is 3.74. The summed E-state index contributed by atoms with van der Waals surface area (Å²) in [6.45, 7) is 2.41. The third-order valence-corrected chi connectivity index (χ3v) is 2.91. The predicted molar refractivity (Wildman–Crippen MR) is 47.7 cm³/mol. The first-order chi connectivity index (χ1) is 5.27. The fraction of sp³-hybridized carbons (Fsp3) is 0.500. The normalized spacial score (nSPS) is 13.4. The van der Waals surface area contributed by atoms with Crippen molar-refractivity contribution >= 4 is 11.3 Å². The molecule has 0 amide bonds. The third-order valence-electron chi connectivity index (χ3n) is 1.58. The molecule has 0 aliphatic heterocycles. The molecule has 1 aromatic rings. The minimum absolute atomic E-state index is 0.309. The lowest BCUT2D eigenvalue weighted by atomic mass is 10.3. The molecule has 0 aromatic carbocycles. The molecule has 0 spiro atoms. The highest BCUT2D eigenvalue weighted by Crippen LogP contribution is 2.22. The Morgan fingerprint density at radius 3 is 2.82 bits per heavy atom. The fourth-order valence-electron chi connectivity index (χ4n) is 0.880. The van der Waals surface area contributed by atoms with Crippen molar-refractivity contribution in [3.8, 4) is 0 Å². The van der Waals surface area contributed by atoms with Gasteiger partial charge in [-0.15, -0.1) is 11.3 Å². The highest BCUT2D eigenvalue weighted by molar-refractivity contribution is 7.12. The van der Waals surface area contributed by atoms with Crippen molar-refractivity contribution in [3.05, 3.63) is 21.9 Å². The summed E-state index contributed by atoms with van der Waals surface area (Å²) < 4.78 is 0. The Morgan fingerprint density at radius 1 is 1.64 bits per heavy atom. The minimum Gasteiger partial charge on any atom is -0.386 e. The Hall–Kier alpha value is -0.380. The second-order valence-electron chi connectivity index (χ2n) is 2.41. The first kappa shape index (κ1) is 8.71. The van der Waals surface area contributed by atoms with Gasteiger partial charge in [0, 0.05) is 16.3 Å². The van der Waals surface area contributed by atoms with Gasteiger partial charge in [0.25, 0.3) is 0 Å². The van der Waals surface area contributed by atoms with E-state index in [-0.39, 0.29) is 0 Å². The van der Waals surface area contributed by atoms with Crippen LogP contribution in [0.2, 0.25) is 0 Å². The van der Waals surface area contributed by atoms with Crippen LogP contribution in [-0.2, 0) is 6.42 Å². The Bertz CT molecular complexity index is 222. The van der Waals surface area contributed by atoms with Gasteiger partial charge >= 0.3 is 0 Å². The molecule has 11 heavy (non-hydrogen) atoms. The van der Waals surface area contributed by atoms with Crippen LogP contribution >= 0.6 is 11.3 Å². The highest BCUT2D eigenvalue weighted by Gasteiger charge is 2.06. The molecule has 62 valence electrons. The SMILES string of the molecule is CCc1ccc([C@@H](O)CN)s1. The molecule has 2 nitrogen and oxygen atoms in total. The molecule has 1 rings (SSSR count). The molecule has 0 unspecified atom stereocenters. The lowest BCUT2D eigenvalue weighted by molar-refractivity contribution is 0.190. The van der Waals surface area contributed by atoms with Gasteiger partial charge in [-0.2, -0.15) is 0 Å². The number of aryl methyl sites for hydroxylation is 1. The summed E-state index contributed by atoms with van der Waals surface area (Å²) in [6, 6.07) is 3.99. The molecule has 0 radical (unpaired) electrons. The van der Waals surface area contributed by atoms with Crippen molar-refractivity contribution in [1.29, 1.82) is 0 Å². The van der Waals surface area contributed by atoms with Crippen LogP contribution in [-0.4, -0.2) is 11.7 Å². The maximum atomic E-state index is 9.32. The summed E-state index contributed by atoms with van der Waals surface area (Å²) in [5.41, 5.74) is 5.31. The van der Waals surface area contributed by atoms with E-state index in [1.807, 2.05) is 12.1 Å². The molecule has 0 fully saturated rings. The van der Waals surface area contributed by atoms with Crippen molar-refractivity contribution in [3.63, 3.8) is 0 Å². The average molecular weight is 171 g/mol. The first-order valence-corrected chi connectivity index (χ1v) is 4.56. The maximum Gasteiger partial charge on any atom is 0.100 e. The zero-order chi connectivity index (χ0) is 8.27. The van der Waals surface area contributed by atoms with E-state index in [2.05, 4.69) is 6.92 Å². The van der Waals surface area contributed by atoms with E-state index >= 15 is 0 Å². The predicted octanol–water partition coefficient (Wildman–Crippen LogP) is 1.30. The number of hydrogen-bond donors (Lipinski definition) is 2. The van der Waals surface area contributed by atoms with Crippen molar-refractivity contribution in [2.45, 2.75) is 19.4 Å². The molecule has 0 aliphatic rings. The summed E-state index contributed by atoms with van der Waals surface area (Å²) in [5, 5.41) is 9.32. The smallest absolute Gasteiger partial charge is 0.100 e.